The van der Waals surface area contributed by atoms with E-state index in [1.54, 1.807) is 0 Å². The van der Waals surface area contributed by atoms with E-state index in [1.165, 1.54) is 18.2 Å². The summed E-state index contributed by atoms with van der Waals surface area (Å²) < 4.78 is 116. The van der Waals surface area contributed by atoms with Crippen LogP contribution in [-0.4, -0.2) is 44.6 Å². The zero-order valence-corrected chi connectivity index (χ0v) is 19.2. The van der Waals surface area contributed by atoms with Gasteiger partial charge < -0.3 is 15.7 Å². The van der Waals surface area contributed by atoms with Gasteiger partial charge in [-0.3, -0.25) is 4.79 Å². The number of alkyl halides is 6. The molecule has 1 aliphatic heterocycles. The van der Waals surface area contributed by atoms with E-state index < -0.39 is 56.8 Å². The molecule has 0 saturated carbocycles. The summed E-state index contributed by atoms with van der Waals surface area (Å²) in [6, 6.07) is 3.47. The fourth-order valence-corrected chi connectivity index (χ4v) is 4.21. The second-order valence-corrected chi connectivity index (χ2v) is 9.68. The predicted molar refractivity (Wildman–Crippen MR) is 112 cm³/mol. The Bertz CT molecular complexity index is 1220. The van der Waals surface area contributed by atoms with E-state index in [1.807, 2.05) is 0 Å². The Labute approximate surface area is 200 Å². The van der Waals surface area contributed by atoms with Gasteiger partial charge in [0.2, 0.25) is 5.91 Å². The number of fused-ring (bicyclic) bond motifs is 1. The third-order valence-corrected chi connectivity index (χ3v) is 6.43. The molecule has 2 aromatic rings. The van der Waals surface area contributed by atoms with E-state index in [0.717, 1.165) is 6.26 Å². The summed E-state index contributed by atoms with van der Waals surface area (Å²) in [5, 5.41) is 14.3. The second-order valence-electron chi connectivity index (χ2n) is 7.66. The van der Waals surface area contributed by atoms with Crippen molar-refractivity contribution in [3.8, 4) is 0 Å². The van der Waals surface area contributed by atoms with Crippen molar-refractivity contribution in [2.24, 2.45) is 0 Å². The number of carbonyl (C=O) groups is 1. The molecule has 1 amide bonds. The first-order valence-electron chi connectivity index (χ1n) is 9.50. The smallest absolute Gasteiger partial charge is 0.369 e. The molecule has 0 saturated heterocycles. The van der Waals surface area contributed by atoms with Gasteiger partial charge in [0.25, 0.3) is 5.60 Å². The number of benzene rings is 2. The van der Waals surface area contributed by atoms with Crippen molar-refractivity contribution >= 4 is 33.8 Å². The molecule has 1 atom stereocenters. The lowest BCUT2D eigenvalue weighted by Crippen LogP contribution is -2.54. The van der Waals surface area contributed by atoms with Gasteiger partial charge in [-0.05, 0) is 41.8 Å². The summed E-state index contributed by atoms with van der Waals surface area (Å²) in [5.74, 6) is -2.53. The lowest BCUT2D eigenvalue weighted by Gasteiger charge is -2.32. The predicted octanol–water partition coefficient (Wildman–Crippen LogP) is 3.79. The highest BCUT2D eigenvalue weighted by atomic mass is 35.5. The molecule has 1 aliphatic rings. The minimum atomic E-state index is -6.19. The number of rotatable bonds is 4. The Morgan fingerprint density at radius 1 is 1.06 bits per heavy atom. The van der Waals surface area contributed by atoms with Crippen LogP contribution in [0.4, 0.5) is 36.4 Å². The maximum Gasteiger partial charge on any atom is 0.430 e. The van der Waals surface area contributed by atoms with Gasteiger partial charge in [-0.2, -0.15) is 26.3 Å². The molecule has 0 bridgehead atoms. The van der Waals surface area contributed by atoms with Gasteiger partial charge in [0.1, 0.15) is 11.9 Å². The molecule has 15 heteroatoms. The first kappa shape index (κ1) is 28.8. The summed E-state index contributed by atoms with van der Waals surface area (Å²) in [5.41, 5.74) is -6.95. The molecule has 35 heavy (non-hydrogen) atoms. The molecule has 0 fully saturated rings. The molecule has 194 valence electrons. The molecule has 2 aromatic carbocycles. The minimum Gasteiger partial charge on any atom is -0.369 e. The number of aliphatic hydroxyl groups is 1. The minimum absolute atomic E-state index is 0. The van der Waals surface area contributed by atoms with Crippen molar-refractivity contribution in [2.45, 2.75) is 35.3 Å². The summed E-state index contributed by atoms with van der Waals surface area (Å²) in [6.07, 6.45) is -11.0. The fourth-order valence-electron chi connectivity index (χ4n) is 3.54. The summed E-state index contributed by atoms with van der Waals surface area (Å²) in [6.45, 7) is 0.240. The highest BCUT2D eigenvalue weighted by Crippen LogP contribution is 2.50. The molecule has 1 unspecified atom stereocenters. The van der Waals surface area contributed by atoms with Gasteiger partial charge in [-0.1, -0.05) is 12.1 Å². The normalized spacial score (nSPS) is 16.8. The van der Waals surface area contributed by atoms with Gasteiger partial charge in [0, 0.05) is 18.4 Å². The van der Waals surface area contributed by atoms with Crippen LogP contribution in [0.25, 0.3) is 0 Å². The summed E-state index contributed by atoms with van der Waals surface area (Å²) >= 11 is 0. The number of hydrogen-bond acceptors (Lipinski definition) is 5. The topological polar surface area (TPSA) is 95.5 Å². The monoisotopic (exact) mass is 550 g/mol. The lowest BCUT2D eigenvalue weighted by atomic mass is 9.91. The summed E-state index contributed by atoms with van der Waals surface area (Å²) in [4.78, 5) is 12.7. The van der Waals surface area contributed by atoms with Gasteiger partial charge in [-0.15, -0.1) is 12.4 Å². The van der Waals surface area contributed by atoms with Crippen LogP contribution in [0.15, 0.2) is 41.3 Å². The van der Waals surface area contributed by atoms with E-state index in [4.69, 9.17) is 0 Å². The number of amides is 1. The molecule has 6 nitrogen and oxygen atoms in total. The van der Waals surface area contributed by atoms with Crippen molar-refractivity contribution in [1.29, 1.82) is 0 Å². The van der Waals surface area contributed by atoms with Crippen LogP contribution in [0.1, 0.15) is 22.7 Å². The zero-order chi connectivity index (χ0) is 25.7. The third kappa shape index (κ3) is 5.39. The second kappa shape index (κ2) is 9.56. The molecular weight excluding hydrogens is 533 g/mol. The van der Waals surface area contributed by atoms with Crippen LogP contribution in [0.2, 0.25) is 0 Å². The Hall–Kier alpha value is -2.42. The maximum atomic E-state index is 14.4. The number of nitrogens with one attached hydrogen (secondary N) is 2. The number of halogens is 8. The number of sulfone groups is 1. The number of carbonyl (C=O) groups excluding carboxylic acids is 1. The van der Waals surface area contributed by atoms with E-state index in [9.17, 15) is 49.1 Å². The van der Waals surface area contributed by atoms with Crippen LogP contribution >= 0.6 is 12.4 Å². The van der Waals surface area contributed by atoms with Crippen molar-refractivity contribution in [3.63, 3.8) is 0 Å². The first-order chi connectivity index (χ1) is 15.5. The highest BCUT2D eigenvalue weighted by Gasteiger charge is 2.71. The van der Waals surface area contributed by atoms with E-state index in [-0.39, 0.29) is 36.0 Å². The van der Waals surface area contributed by atoms with Crippen molar-refractivity contribution in [1.82, 2.24) is 5.32 Å². The summed E-state index contributed by atoms with van der Waals surface area (Å²) in [7, 11) is -3.52. The molecule has 0 aromatic heterocycles. The van der Waals surface area contributed by atoms with E-state index in [2.05, 4.69) is 10.6 Å². The molecule has 1 heterocycles. The van der Waals surface area contributed by atoms with Crippen LogP contribution in [0.5, 0.6) is 0 Å². The van der Waals surface area contributed by atoms with E-state index >= 15 is 0 Å². The first-order valence-corrected chi connectivity index (χ1v) is 11.4. The molecular formula is C20H18ClF7N2O4S. The van der Waals surface area contributed by atoms with Crippen LogP contribution in [0, 0.1) is 5.82 Å². The van der Waals surface area contributed by atoms with Crippen LogP contribution in [0.3, 0.4) is 0 Å². The molecule has 0 spiro atoms. The Kier molecular flexibility index (Phi) is 7.87. The molecule has 3 N–H and O–H groups in total. The standard InChI is InChI=1S/C20H17F7N2O4S.ClH/c1-34(32,33)12-3-4-13-10(8-12)6-7-28-16(13)17(30)29-15-5-2-11(9-14(15)21)18(31,19(22,23)24)20(25,26)27;/h2-5,8-9,16,28,31H,6-7H2,1H3,(H,29,30);1H. The van der Waals surface area contributed by atoms with Crippen molar-refractivity contribution < 1.29 is 49.1 Å². The quantitative estimate of drug-likeness (QED) is 0.504. The van der Waals surface area contributed by atoms with Gasteiger partial charge in [0.05, 0.1) is 10.6 Å². The van der Waals surface area contributed by atoms with Crippen LogP contribution < -0.4 is 10.6 Å². The van der Waals surface area contributed by atoms with Gasteiger partial charge in [-0.25, -0.2) is 12.8 Å². The average molecular weight is 551 g/mol. The number of anilines is 1. The SMILES string of the molecule is CS(=O)(=O)c1ccc2c(c1)CCNC2C(=O)Nc1ccc(C(O)(C(F)(F)F)C(F)(F)F)cc1F.Cl. The maximum absolute atomic E-state index is 14.4. The highest BCUT2D eigenvalue weighted by molar-refractivity contribution is 7.90. The Balaban J connectivity index is 0.00000432. The van der Waals surface area contributed by atoms with Gasteiger partial charge >= 0.3 is 12.4 Å². The van der Waals surface area contributed by atoms with E-state index in [0.29, 0.717) is 23.6 Å². The molecule has 0 radical (unpaired) electrons. The largest absolute Gasteiger partial charge is 0.430 e. The molecule has 0 aliphatic carbocycles. The van der Waals surface area contributed by atoms with Crippen LogP contribution in [-0.2, 0) is 26.7 Å². The average Bonchev–Trinajstić information content (AvgIpc) is 2.71. The van der Waals surface area contributed by atoms with Crippen molar-refractivity contribution in [3.05, 3.63) is 58.9 Å². The lowest BCUT2D eigenvalue weighted by molar-refractivity contribution is -0.376. The Morgan fingerprint density at radius 3 is 2.17 bits per heavy atom. The third-order valence-electron chi connectivity index (χ3n) is 5.32. The zero-order valence-electron chi connectivity index (χ0n) is 17.6. The number of hydrogen-bond donors (Lipinski definition) is 3. The molecule has 3 rings (SSSR count). The fraction of sp³-hybridized carbons (Fsp3) is 0.350. The van der Waals surface area contributed by atoms with Crippen molar-refractivity contribution in [2.75, 3.05) is 18.1 Å². The van der Waals surface area contributed by atoms with Gasteiger partial charge in [0.15, 0.2) is 9.84 Å². The Morgan fingerprint density at radius 2 is 1.66 bits per heavy atom.